The van der Waals surface area contributed by atoms with E-state index in [0.717, 1.165) is 30.9 Å². The van der Waals surface area contributed by atoms with E-state index < -0.39 is 5.54 Å². The molecule has 0 saturated carbocycles. The standard InChI is InChI=1S/C16H25N5O2.2ClH/c1-11-13(14(22)19(3)4)21-9-8-20(10-12(21)18-11)15(23)16(2)6-5-7-17-16;;/h17H,5-10H2,1-4H3;2*1H/t16-;;/m1../s1. The smallest absolute Gasteiger partial charge is 0.271 e. The van der Waals surface area contributed by atoms with Gasteiger partial charge in [0.25, 0.3) is 5.91 Å². The Hall–Kier alpha value is -1.31. The molecule has 0 bridgehead atoms. The molecule has 2 amide bonds. The molecule has 3 heterocycles. The molecule has 9 heteroatoms. The summed E-state index contributed by atoms with van der Waals surface area (Å²) in [5, 5.41) is 3.32. The molecule has 0 aromatic carbocycles. The van der Waals surface area contributed by atoms with Crippen LogP contribution in [0.5, 0.6) is 0 Å². The summed E-state index contributed by atoms with van der Waals surface area (Å²) in [6.45, 7) is 6.44. The fourth-order valence-electron chi connectivity index (χ4n) is 3.54. The van der Waals surface area contributed by atoms with Crippen LogP contribution in [0.2, 0.25) is 0 Å². The van der Waals surface area contributed by atoms with Gasteiger partial charge in [0.1, 0.15) is 11.5 Å². The molecule has 0 unspecified atom stereocenters. The van der Waals surface area contributed by atoms with Crippen LogP contribution in [0.25, 0.3) is 0 Å². The molecule has 1 aromatic rings. The Kier molecular flexibility index (Phi) is 6.89. The molecule has 1 N–H and O–H groups in total. The lowest BCUT2D eigenvalue weighted by Crippen LogP contribution is -2.54. The van der Waals surface area contributed by atoms with Crippen LogP contribution in [-0.2, 0) is 17.9 Å². The third-order valence-corrected chi connectivity index (χ3v) is 4.88. The molecule has 142 valence electrons. The van der Waals surface area contributed by atoms with Crippen LogP contribution in [-0.4, -0.2) is 63.9 Å². The molecular formula is C16H27Cl2N5O2. The number of aryl methyl sites for hydroxylation is 1. The zero-order chi connectivity index (χ0) is 16.8. The third-order valence-electron chi connectivity index (χ3n) is 4.88. The molecule has 1 fully saturated rings. The van der Waals surface area contributed by atoms with Gasteiger partial charge in [-0.15, -0.1) is 24.8 Å². The van der Waals surface area contributed by atoms with Crippen LogP contribution in [0.4, 0.5) is 0 Å². The summed E-state index contributed by atoms with van der Waals surface area (Å²) in [5.41, 5.74) is 0.923. The van der Waals surface area contributed by atoms with E-state index in [0.29, 0.717) is 25.3 Å². The number of aromatic nitrogens is 2. The number of carbonyl (C=O) groups is 2. The predicted octanol–water partition coefficient (Wildman–Crippen LogP) is 1.22. The highest BCUT2D eigenvalue weighted by Gasteiger charge is 2.40. The fourth-order valence-corrected chi connectivity index (χ4v) is 3.54. The summed E-state index contributed by atoms with van der Waals surface area (Å²) < 4.78 is 1.96. The lowest BCUT2D eigenvalue weighted by Gasteiger charge is -2.34. The van der Waals surface area contributed by atoms with Gasteiger partial charge in [-0.1, -0.05) is 0 Å². The first kappa shape index (κ1) is 21.7. The van der Waals surface area contributed by atoms with Crippen molar-refractivity contribution >= 4 is 36.6 Å². The Bertz CT molecular complexity index is 653. The minimum atomic E-state index is -0.452. The second-order valence-corrected chi connectivity index (χ2v) is 6.90. The lowest BCUT2D eigenvalue weighted by molar-refractivity contribution is -0.138. The quantitative estimate of drug-likeness (QED) is 0.822. The number of fused-ring (bicyclic) bond motifs is 1. The predicted molar refractivity (Wildman–Crippen MR) is 101 cm³/mol. The highest BCUT2D eigenvalue weighted by atomic mass is 35.5. The van der Waals surface area contributed by atoms with E-state index in [1.54, 1.807) is 19.0 Å². The largest absolute Gasteiger partial charge is 0.343 e. The van der Waals surface area contributed by atoms with Crippen LogP contribution >= 0.6 is 24.8 Å². The molecule has 1 saturated heterocycles. The molecule has 7 nitrogen and oxygen atoms in total. The van der Waals surface area contributed by atoms with E-state index >= 15 is 0 Å². The third kappa shape index (κ3) is 3.78. The molecule has 2 aliphatic rings. The molecule has 3 rings (SSSR count). The van der Waals surface area contributed by atoms with Crippen molar-refractivity contribution < 1.29 is 9.59 Å². The van der Waals surface area contributed by atoms with Gasteiger partial charge in [0.05, 0.1) is 17.8 Å². The normalized spacial score (nSPS) is 21.8. The van der Waals surface area contributed by atoms with Crippen LogP contribution in [0.1, 0.15) is 41.8 Å². The Morgan fingerprint density at radius 1 is 1.24 bits per heavy atom. The first-order valence-electron chi connectivity index (χ1n) is 8.15. The van der Waals surface area contributed by atoms with Crippen molar-refractivity contribution in [3.8, 4) is 0 Å². The summed E-state index contributed by atoms with van der Waals surface area (Å²) in [4.78, 5) is 33.1. The molecule has 1 atom stereocenters. The first-order valence-corrected chi connectivity index (χ1v) is 8.15. The van der Waals surface area contributed by atoms with Crippen LogP contribution in [0, 0.1) is 6.92 Å². The molecule has 2 aliphatic heterocycles. The van der Waals surface area contributed by atoms with E-state index in [1.807, 2.05) is 23.3 Å². The molecule has 0 aliphatic carbocycles. The number of amides is 2. The number of imidazole rings is 1. The molecule has 1 aromatic heterocycles. The number of carbonyl (C=O) groups excluding carboxylic acids is 2. The minimum Gasteiger partial charge on any atom is -0.343 e. The number of nitrogens with zero attached hydrogens (tertiary/aromatic N) is 4. The first-order chi connectivity index (χ1) is 10.8. The van der Waals surface area contributed by atoms with E-state index in [2.05, 4.69) is 10.3 Å². The average Bonchev–Trinajstić information content (AvgIpc) is 3.08. The second kappa shape index (κ2) is 7.93. The van der Waals surface area contributed by atoms with Crippen molar-refractivity contribution in [3.63, 3.8) is 0 Å². The fraction of sp³-hybridized carbons (Fsp3) is 0.688. The number of halogens is 2. The van der Waals surface area contributed by atoms with E-state index in [1.165, 1.54) is 0 Å². The molecule has 0 radical (unpaired) electrons. The number of nitrogens with one attached hydrogen (secondary N) is 1. The maximum Gasteiger partial charge on any atom is 0.271 e. The van der Waals surface area contributed by atoms with Gasteiger partial charge in [0.15, 0.2) is 0 Å². The van der Waals surface area contributed by atoms with Crippen molar-refractivity contribution in [3.05, 3.63) is 17.2 Å². The van der Waals surface area contributed by atoms with Crippen molar-refractivity contribution in [1.82, 2.24) is 24.7 Å². The summed E-state index contributed by atoms with van der Waals surface area (Å²) in [6.07, 6.45) is 1.91. The van der Waals surface area contributed by atoms with E-state index in [4.69, 9.17) is 0 Å². The topological polar surface area (TPSA) is 70.5 Å². The van der Waals surface area contributed by atoms with Crippen molar-refractivity contribution in [1.29, 1.82) is 0 Å². The SMILES string of the molecule is Cc1nc2n(c1C(=O)N(C)C)CCN(C(=O)[C@@]1(C)CCCN1)C2.Cl.Cl. The zero-order valence-corrected chi connectivity index (χ0v) is 16.8. The maximum absolute atomic E-state index is 12.8. The van der Waals surface area contributed by atoms with Crippen molar-refractivity contribution in [2.24, 2.45) is 0 Å². The van der Waals surface area contributed by atoms with Crippen LogP contribution < -0.4 is 5.32 Å². The molecular weight excluding hydrogens is 365 g/mol. The van der Waals surface area contributed by atoms with Gasteiger partial charge in [-0.25, -0.2) is 4.98 Å². The lowest BCUT2D eigenvalue weighted by atomic mass is 9.98. The highest BCUT2D eigenvalue weighted by molar-refractivity contribution is 5.93. The Balaban J connectivity index is 0.00000156. The maximum atomic E-state index is 12.8. The Morgan fingerprint density at radius 2 is 1.92 bits per heavy atom. The number of hydrogen-bond acceptors (Lipinski definition) is 4. The Morgan fingerprint density at radius 3 is 2.48 bits per heavy atom. The van der Waals surface area contributed by atoms with Crippen LogP contribution in [0.15, 0.2) is 0 Å². The monoisotopic (exact) mass is 391 g/mol. The van der Waals surface area contributed by atoms with Gasteiger partial charge < -0.3 is 19.7 Å². The minimum absolute atomic E-state index is 0. The van der Waals surface area contributed by atoms with Crippen molar-refractivity contribution in [2.75, 3.05) is 27.2 Å². The van der Waals surface area contributed by atoms with Gasteiger partial charge >= 0.3 is 0 Å². The number of hydrogen-bond donors (Lipinski definition) is 1. The Labute approximate surface area is 161 Å². The van der Waals surface area contributed by atoms with Crippen molar-refractivity contribution in [2.45, 2.75) is 45.3 Å². The van der Waals surface area contributed by atoms with E-state index in [-0.39, 0.29) is 36.6 Å². The summed E-state index contributed by atoms with van der Waals surface area (Å²) in [7, 11) is 3.49. The van der Waals surface area contributed by atoms with Crippen LogP contribution in [0.3, 0.4) is 0 Å². The molecule has 0 spiro atoms. The zero-order valence-electron chi connectivity index (χ0n) is 15.2. The summed E-state index contributed by atoms with van der Waals surface area (Å²) in [6, 6.07) is 0. The summed E-state index contributed by atoms with van der Waals surface area (Å²) in [5.74, 6) is 0.904. The van der Waals surface area contributed by atoms with Gasteiger partial charge in [-0.05, 0) is 33.2 Å². The van der Waals surface area contributed by atoms with E-state index in [9.17, 15) is 9.59 Å². The van der Waals surface area contributed by atoms with Gasteiger partial charge in [0, 0.05) is 27.2 Å². The number of rotatable bonds is 2. The molecule has 25 heavy (non-hydrogen) atoms. The van der Waals surface area contributed by atoms with Gasteiger partial charge in [-0.3, -0.25) is 9.59 Å². The van der Waals surface area contributed by atoms with Gasteiger partial charge in [-0.2, -0.15) is 0 Å². The van der Waals surface area contributed by atoms with Gasteiger partial charge in [0.2, 0.25) is 5.91 Å². The highest BCUT2D eigenvalue weighted by Crippen LogP contribution is 2.25. The average molecular weight is 392 g/mol. The summed E-state index contributed by atoms with van der Waals surface area (Å²) >= 11 is 0. The second-order valence-electron chi connectivity index (χ2n) is 6.90.